The van der Waals surface area contributed by atoms with Gasteiger partial charge in [-0.3, -0.25) is 9.78 Å². The molecule has 7 heteroatoms. The van der Waals surface area contributed by atoms with Crippen molar-refractivity contribution >= 4 is 29.0 Å². The molecule has 0 saturated carbocycles. The molecule has 0 aromatic carbocycles. The molecule has 2 N–H and O–H groups in total. The van der Waals surface area contributed by atoms with Crippen LogP contribution in [0.1, 0.15) is 17.7 Å². The Labute approximate surface area is 144 Å². The third-order valence-corrected chi connectivity index (χ3v) is 5.09. The molecule has 2 aromatic heterocycles. The number of piperidine rings is 1. The Bertz CT molecular complexity index is 759. The Kier molecular flexibility index (Phi) is 4.80. The fraction of sp³-hybridized carbons (Fsp3) is 0.353. The molecule has 0 spiro atoms. The standard InChI is InChI=1S/C17H19N3O3S/c1-11-6-7-14(24-11)15-13(5-2-8-18-15)19-17(23)20-9-3-4-12(10-20)16(21)22/h2,5-8,12H,3-4,9-10H2,1H3,(H,19,23)(H,21,22). The van der Waals surface area contributed by atoms with Gasteiger partial charge < -0.3 is 15.3 Å². The molecule has 2 aromatic rings. The molecule has 0 radical (unpaired) electrons. The fourth-order valence-electron chi connectivity index (χ4n) is 2.82. The summed E-state index contributed by atoms with van der Waals surface area (Å²) in [5.74, 6) is -1.33. The lowest BCUT2D eigenvalue weighted by Gasteiger charge is -2.30. The van der Waals surface area contributed by atoms with Gasteiger partial charge in [0.05, 0.1) is 16.5 Å². The predicted octanol–water partition coefficient (Wildman–Crippen LogP) is 3.45. The van der Waals surface area contributed by atoms with Crippen LogP contribution in [-0.2, 0) is 4.79 Å². The Balaban J connectivity index is 1.76. The minimum Gasteiger partial charge on any atom is -0.481 e. The lowest BCUT2D eigenvalue weighted by molar-refractivity contribution is -0.143. The second-order valence-electron chi connectivity index (χ2n) is 5.86. The first kappa shape index (κ1) is 16.4. The minimum absolute atomic E-state index is 0.245. The lowest BCUT2D eigenvalue weighted by Crippen LogP contribution is -2.44. The third-order valence-electron chi connectivity index (χ3n) is 4.08. The molecule has 0 aliphatic carbocycles. The SMILES string of the molecule is Cc1ccc(-c2ncccc2NC(=O)N2CCCC(C(=O)O)C2)s1. The van der Waals surface area contributed by atoms with Gasteiger partial charge in [0.1, 0.15) is 5.69 Å². The van der Waals surface area contributed by atoms with Crippen molar-refractivity contribution in [1.29, 1.82) is 0 Å². The van der Waals surface area contributed by atoms with Gasteiger partial charge in [-0.05, 0) is 44.0 Å². The van der Waals surface area contributed by atoms with Crippen molar-refractivity contribution in [2.24, 2.45) is 5.92 Å². The molecule has 1 saturated heterocycles. The molecule has 3 heterocycles. The number of nitrogens with zero attached hydrogens (tertiary/aromatic N) is 2. The summed E-state index contributed by atoms with van der Waals surface area (Å²) in [4.78, 5) is 31.8. The van der Waals surface area contributed by atoms with Crippen molar-refractivity contribution in [3.63, 3.8) is 0 Å². The van der Waals surface area contributed by atoms with E-state index in [-0.39, 0.29) is 12.6 Å². The monoisotopic (exact) mass is 345 g/mol. The van der Waals surface area contributed by atoms with Crippen LogP contribution in [0.25, 0.3) is 10.6 Å². The molecule has 126 valence electrons. The number of nitrogens with one attached hydrogen (secondary N) is 1. The molecule has 2 amide bonds. The van der Waals surface area contributed by atoms with Gasteiger partial charge in [-0.25, -0.2) is 4.79 Å². The average molecular weight is 345 g/mol. The van der Waals surface area contributed by atoms with E-state index >= 15 is 0 Å². The summed E-state index contributed by atoms with van der Waals surface area (Å²) in [5, 5.41) is 12.0. The third kappa shape index (κ3) is 3.56. The second-order valence-corrected chi connectivity index (χ2v) is 7.15. The highest BCUT2D eigenvalue weighted by Crippen LogP contribution is 2.31. The van der Waals surface area contributed by atoms with Crippen LogP contribution in [-0.4, -0.2) is 40.1 Å². The number of pyridine rings is 1. The molecule has 24 heavy (non-hydrogen) atoms. The molecule has 1 atom stereocenters. The molecule has 0 bridgehead atoms. The number of carboxylic acids is 1. The largest absolute Gasteiger partial charge is 0.481 e. The Morgan fingerprint density at radius 1 is 1.38 bits per heavy atom. The molecule has 1 fully saturated rings. The maximum Gasteiger partial charge on any atom is 0.321 e. The molecule has 1 aliphatic rings. The van der Waals surface area contributed by atoms with Crippen molar-refractivity contribution in [3.05, 3.63) is 35.3 Å². The number of amides is 2. The highest BCUT2D eigenvalue weighted by molar-refractivity contribution is 7.15. The number of likely N-dealkylation sites (tertiary alicyclic amines) is 1. The van der Waals surface area contributed by atoms with Crippen molar-refractivity contribution in [3.8, 4) is 10.6 Å². The predicted molar refractivity (Wildman–Crippen MR) is 93.2 cm³/mol. The van der Waals surface area contributed by atoms with E-state index in [0.717, 1.165) is 10.6 Å². The lowest BCUT2D eigenvalue weighted by atomic mass is 9.99. The van der Waals surface area contributed by atoms with Crippen molar-refractivity contribution < 1.29 is 14.7 Å². The van der Waals surface area contributed by atoms with Crippen LogP contribution in [0.3, 0.4) is 0 Å². The number of aryl methyl sites for hydroxylation is 1. The van der Waals surface area contributed by atoms with Gasteiger partial charge in [-0.1, -0.05) is 0 Å². The van der Waals surface area contributed by atoms with Crippen LogP contribution in [0.4, 0.5) is 10.5 Å². The number of thiophene rings is 1. The van der Waals surface area contributed by atoms with Crippen molar-refractivity contribution in [2.45, 2.75) is 19.8 Å². The van der Waals surface area contributed by atoms with Crippen LogP contribution in [0.5, 0.6) is 0 Å². The first-order valence-electron chi connectivity index (χ1n) is 7.85. The summed E-state index contributed by atoms with van der Waals surface area (Å²) >= 11 is 1.62. The number of hydrogen-bond acceptors (Lipinski definition) is 4. The maximum atomic E-state index is 12.5. The number of carboxylic acid groups (broad SMARTS) is 1. The highest BCUT2D eigenvalue weighted by atomic mass is 32.1. The van der Waals surface area contributed by atoms with Gasteiger partial charge >= 0.3 is 12.0 Å². The number of anilines is 1. The van der Waals surface area contributed by atoms with Gasteiger partial charge in [0.15, 0.2) is 0 Å². The number of aromatic nitrogens is 1. The van der Waals surface area contributed by atoms with Gasteiger partial charge in [0.25, 0.3) is 0 Å². The van der Waals surface area contributed by atoms with Crippen LogP contribution in [0.2, 0.25) is 0 Å². The van der Waals surface area contributed by atoms with E-state index in [9.17, 15) is 9.59 Å². The smallest absolute Gasteiger partial charge is 0.321 e. The van der Waals surface area contributed by atoms with Crippen LogP contribution < -0.4 is 5.32 Å². The number of rotatable bonds is 3. The second kappa shape index (κ2) is 7.00. The summed E-state index contributed by atoms with van der Waals surface area (Å²) in [5.41, 5.74) is 1.37. The van der Waals surface area contributed by atoms with Crippen molar-refractivity contribution in [2.75, 3.05) is 18.4 Å². The van der Waals surface area contributed by atoms with E-state index < -0.39 is 11.9 Å². The van der Waals surface area contributed by atoms with E-state index in [1.165, 1.54) is 4.88 Å². The zero-order chi connectivity index (χ0) is 17.1. The first-order chi connectivity index (χ1) is 11.5. The first-order valence-corrected chi connectivity index (χ1v) is 8.67. The minimum atomic E-state index is -0.844. The van der Waals surface area contributed by atoms with Gasteiger partial charge in [-0.15, -0.1) is 11.3 Å². The van der Waals surface area contributed by atoms with E-state index in [2.05, 4.69) is 10.3 Å². The fourth-order valence-corrected chi connectivity index (χ4v) is 3.70. The Hall–Kier alpha value is -2.41. The highest BCUT2D eigenvalue weighted by Gasteiger charge is 2.28. The molecular weight excluding hydrogens is 326 g/mol. The number of aliphatic carboxylic acids is 1. The molecule has 3 rings (SSSR count). The number of urea groups is 1. The quantitative estimate of drug-likeness (QED) is 0.892. The topological polar surface area (TPSA) is 82.5 Å². The number of hydrogen-bond donors (Lipinski definition) is 2. The summed E-state index contributed by atoms with van der Waals surface area (Å²) in [6, 6.07) is 7.31. The van der Waals surface area contributed by atoms with Crippen LogP contribution >= 0.6 is 11.3 Å². The molecule has 1 aliphatic heterocycles. The van der Waals surface area contributed by atoms with Crippen LogP contribution in [0, 0.1) is 12.8 Å². The van der Waals surface area contributed by atoms with Gasteiger partial charge in [-0.2, -0.15) is 0 Å². The van der Waals surface area contributed by atoms with E-state index in [0.29, 0.717) is 25.1 Å². The maximum absolute atomic E-state index is 12.5. The zero-order valence-electron chi connectivity index (χ0n) is 13.4. The van der Waals surface area contributed by atoms with Gasteiger partial charge in [0, 0.05) is 24.2 Å². The number of carbonyl (C=O) groups excluding carboxylic acids is 1. The van der Waals surface area contributed by atoms with E-state index in [4.69, 9.17) is 5.11 Å². The van der Waals surface area contributed by atoms with Gasteiger partial charge in [0.2, 0.25) is 0 Å². The summed E-state index contributed by atoms with van der Waals surface area (Å²) in [7, 11) is 0. The Morgan fingerprint density at radius 3 is 2.92 bits per heavy atom. The normalized spacial score (nSPS) is 17.5. The molecule has 6 nitrogen and oxygen atoms in total. The van der Waals surface area contributed by atoms with Crippen LogP contribution in [0.15, 0.2) is 30.5 Å². The average Bonchev–Trinajstić information content (AvgIpc) is 3.01. The summed E-state index contributed by atoms with van der Waals surface area (Å²) in [6.45, 7) is 2.84. The van der Waals surface area contributed by atoms with E-state index in [1.54, 1.807) is 28.5 Å². The number of carbonyl (C=O) groups is 2. The molecule has 1 unspecified atom stereocenters. The summed E-state index contributed by atoms with van der Waals surface area (Å²) in [6.07, 6.45) is 3.02. The summed E-state index contributed by atoms with van der Waals surface area (Å²) < 4.78 is 0. The van der Waals surface area contributed by atoms with Crippen molar-refractivity contribution in [1.82, 2.24) is 9.88 Å². The van der Waals surface area contributed by atoms with E-state index in [1.807, 2.05) is 25.1 Å². The molecular formula is C17H19N3O3S. The zero-order valence-corrected chi connectivity index (χ0v) is 14.2. The Morgan fingerprint density at radius 2 is 2.21 bits per heavy atom.